The summed E-state index contributed by atoms with van der Waals surface area (Å²) in [7, 11) is 1.59. The lowest BCUT2D eigenvalue weighted by molar-refractivity contribution is 0.414. The van der Waals surface area contributed by atoms with Crippen LogP contribution >= 0.6 is 0 Å². The summed E-state index contributed by atoms with van der Waals surface area (Å²) in [6, 6.07) is 13.4. The molecule has 0 N–H and O–H groups in total. The summed E-state index contributed by atoms with van der Waals surface area (Å²) in [5, 5.41) is 0. The zero-order valence-electron chi connectivity index (χ0n) is 17.1. The van der Waals surface area contributed by atoms with Crippen molar-refractivity contribution in [2.75, 3.05) is 7.11 Å². The lowest BCUT2D eigenvalue weighted by atomic mass is 10.1. The molecule has 0 amide bonds. The molecule has 7 heteroatoms. The molecule has 0 aliphatic heterocycles. The molecular formula is C23H22N4O3. The Kier molecular flexibility index (Phi) is 5.18. The normalized spacial score (nSPS) is 11.0. The highest BCUT2D eigenvalue weighted by Gasteiger charge is 2.16. The predicted molar refractivity (Wildman–Crippen MR) is 115 cm³/mol. The Morgan fingerprint density at radius 3 is 2.37 bits per heavy atom. The average molecular weight is 402 g/mol. The number of methoxy groups -OCH3 is 1. The Morgan fingerprint density at radius 1 is 0.900 bits per heavy atom. The maximum absolute atomic E-state index is 13.4. The lowest BCUT2D eigenvalue weighted by Crippen LogP contribution is -2.41. The molecule has 0 saturated carbocycles. The predicted octanol–water partition coefficient (Wildman–Crippen LogP) is 2.68. The smallest absolute Gasteiger partial charge is 0.333 e. The van der Waals surface area contributed by atoms with Gasteiger partial charge in [0.2, 0.25) is 0 Å². The van der Waals surface area contributed by atoms with Gasteiger partial charge in [0.05, 0.1) is 20.2 Å². The largest absolute Gasteiger partial charge is 0.497 e. The quantitative estimate of drug-likeness (QED) is 0.513. The van der Waals surface area contributed by atoms with E-state index in [4.69, 9.17) is 4.74 Å². The van der Waals surface area contributed by atoms with E-state index in [1.807, 2.05) is 44.2 Å². The van der Waals surface area contributed by atoms with Gasteiger partial charge in [-0.1, -0.05) is 35.9 Å². The summed E-state index contributed by atoms with van der Waals surface area (Å²) in [4.78, 5) is 34.9. The number of ether oxygens (including phenoxy) is 1. The molecule has 0 aliphatic carbocycles. The fraction of sp³-hybridized carbons (Fsp3) is 0.217. The van der Waals surface area contributed by atoms with Gasteiger partial charge in [0.25, 0.3) is 5.56 Å². The third-order valence-corrected chi connectivity index (χ3v) is 5.18. The first-order valence-corrected chi connectivity index (χ1v) is 9.61. The molecule has 30 heavy (non-hydrogen) atoms. The molecular weight excluding hydrogens is 380 g/mol. The van der Waals surface area contributed by atoms with Crippen LogP contribution in [0, 0.1) is 13.8 Å². The van der Waals surface area contributed by atoms with Gasteiger partial charge in [-0.25, -0.2) is 14.8 Å². The molecule has 0 saturated heterocycles. The number of hydrogen-bond acceptors (Lipinski definition) is 5. The van der Waals surface area contributed by atoms with Crippen molar-refractivity contribution in [1.82, 2.24) is 19.1 Å². The number of nitrogens with zero attached hydrogens (tertiary/aromatic N) is 4. The summed E-state index contributed by atoms with van der Waals surface area (Å²) >= 11 is 0. The number of fused-ring (bicyclic) bond motifs is 1. The Hall–Kier alpha value is -3.74. The van der Waals surface area contributed by atoms with Crippen molar-refractivity contribution >= 4 is 11.2 Å². The Balaban J connectivity index is 1.88. The van der Waals surface area contributed by atoms with Crippen LogP contribution < -0.4 is 16.0 Å². The van der Waals surface area contributed by atoms with Crippen LogP contribution in [0.1, 0.15) is 22.3 Å². The van der Waals surface area contributed by atoms with Crippen LogP contribution in [0.4, 0.5) is 0 Å². The number of aryl methyl sites for hydroxylation is 2. The second-order valence-corrected chi connectivity index (χ2v) is 7.27. The minimum absolute atomic E-state index is 0.140. The van der Waals surface area contributed by atoms with Gasteiger partial charge in [0.15, 0.2) is 11.2 Å². The van der Waals surface area contributed by atoms with E-state index in [1.165, 1.54) is 21.5 Å². The van der Waals surface area contributed by atoms with Crippen molar-refractivity contribution in [3.63, 3.8) is 0 Å². The van der Waals surface area contributed by atoms with Crippen molar-refractivity contribution in [3.8, 4) is 5.75 Å². The summed E-state index contributed by atoms with van der Waals surface area (Å²) in [6.45, 7) is 4.46. The highest BCUT2D eigenvalue weighted by Crippen LogP contribution is 2.14. The summed E-state index contributed by atoms with van der Waals surface area (Å²) in [6.07, 6.45) is 2.96. The number of benzene rings is 2. The fourth-order valence-corrected chi connectivity index (χ4v) is 3.47. The summed E-state index contributed by atoms with van der Waals surface area (Å²) in [5.41, 5.74) is 3.59. The maximum atomic E-state index is 13.4. The minimum Gasteiger partial charge on any atom is -0.497 e. The summed E-state index contributed by atoms with van der Waals surface area (Å²) < 4.78 is 7.91. The van der Waals surface area contributed by atoms with Crippen LogP contribution in [0.5, 0.6) is 5.75 Å². The van der Waals surface area contributed by atoms with Crippen LogP contribution in [0.2, 0.25) is 0 Å². The van der Waals surface area contributed by atoms with Crippen LogP contribution in [0.25, 0.3) is 11.2 Å². The van der Waals surface area contributed by atoms with Gasteiger partial charge in [-0.3, -0.25) is 13.9 Å². The topological polar surface area (TPSA) is 79.0 Å². The van der Waals surface area contributed by atoms with Gasteiger partial charge in [-0.15, -0.1) is 0 Å². The highest BCUT2D eigenvalue weighted by atomic mass is 16.5. The van der Waals surface area contributed by atoms with Gasteiger partial charge in [-0.2, -0.15) is 0 Å². The van der Waals surface area contributed by atoms with Crippen LogP contribution in [-0.4, -0.2) is 26.2 Å². The first-order chi connectivity index (χ1) is 14.5. The van der Waals surface area contributed by atoms with Crippen molar-refractivity contribution in [2.45, 2.75) is 26.9 Å². The zero-order valence-corrected chi connectivity index (χ0v) is 17.1. The molecule has 0 aliphatic rings. The lowest BCUT2D eigenvalue weighted by Gasteiger charge is -2.14. The number of aromatic nitrogens is 4. The number of hydrogen-bond donors (Lipinski definition) is 0. The number of rotatable bonds is 5. The Labute approximate surface area is 173 Å². The minimum atomic E-state index is -0.448. The van der Waals surface area contributed by atoms with Crippen LogP contribution in [-0.2, 0) is 13.1 Å². The van der Waals surface area contributed by atoms with Gasteiger partial charge in [0.1, 0.15) is 5.75 Å². The molecule has 4 aromatic rings. The van der Waals surface area contributed by atoms with E-state index in [0.717, 1.165) is 22.3 Å². The molecule has 0 unspecified atom stereocenters. The van der Waals surface area contributed by atoms with E-state index in [0.29, 0.717) is 17.9 Å². The van der Waals surface area contributed by atoms with E-state index >= 15 is 0 Å². The van der Waals surface area contributed by atoms with E-state index < -0.39 is 11.2 Å². The van der Waals surface area contributed by atoms with E-state index in [1.54, 1.807) is 19.2 Å². The molecule has 2 heterocycles. The van der Waals surface area contributed by atoms with Crippen molar-refractivity contribution in [1.29, 1.82) is 0 Å². The van der Waals surface area contributed by atoms with Gasteiger partial charge in [-0.05, 0) is 42.7 Å². The van der Waals surface area contributed by atoms with E-state index in [9.17, 15) is 9.59 Å². The van der Waals surface area contributed by atoms with Gasteiger partial charge >= 0.3 is 5.69 Å². The van der Waals surface area contributed by atoms with Crippen LogP contribution in [0.3, 0.4) is 0 Å². The molecule has 0 radical (unpaired) electrons. The summed E-state index contributed by atoms with van der Waals surface area (Å²) in [5.74, 6) is 0.711. The average Bonchev–Trinajstić information content (AvgIpc) is 2.77. The molecule has 4 rings (SSSR count). The molecule has 0 fully saturated rings. The second kappa shape index (κ2) is 7.94. The SMILES string of the molecule is COc1ccc(Cn2c(=O)c3nccnc3n(Cc3cc(C)ccc3C)c2=O)cc1. The zero-order chi connectivity index (χ0) is 21.3. The molecule has 2 aromatic heterocycles. The standard InChI is InChI=1S/C23H22N4O3/c1-15-4-5-16(2)18(12-15)14-26-21-20(24-10-11-25-21)22(28)27(23(26)29)13-17-6-8-19(30-3)9-7-17/h4-12H,13-14H2,1-3H3. The van der Waals surface area contributed by atoms with Crippen molar-refractivity contribution in [2.24, 2.45) is 0 Å². The van der Waals surface area contributed by atoms with E-state index in [2.05, 4.69) is 9.97 Å². The molecule has 0 atom stereocenters. The van der Waals surface area contributed by atoms with Crippen molar-refractivity contribution in [3.05, 3.63) is 98.0 Å². The molecule has 152 valence electrons. The fourth-order valence-electron chi connectivity index (χ4n) is 3.47. The van der Waals surface area contributed by atoms with Gasteiger partial charge < -0.3 is 4.74 Å². The first kappa shape index (κ1) is 19.6. The van der Waals surface area contributed by atoms with Crippen molar-refractivity contribution < 1.29 is 4.74 Å². The molecule has 2 aromatic carbocycles. The highest BCUT2D eigenvalue weighted by molar-refractivity contribution is 5.68. The Bertz CT molecular complexity index is 1340. The van der Waals surface area contributed by atoms with Crippen LogP contribution in [0.15, 0.2) is 64.4 Å². The first-order valence-electron chi connectivity index (χ1n) is 9.61. The molecule has 0 spiro atoms. The second-order valence-electron chi connectivity index (χ2n) is 7.27. The van der Waals surface area contributed by atoms with Gasteiger partial charge in [0, 0.05) is 12.4 Å². The molecule has 0 bridgehead atoms. The molecule has 7 nitrogen and oxygen atoms in total. The third-order valence-electron chi connectivity index (χ3n) is 5.18. The monoisotopic (exact) mass is 402 g/mol. The van der Waals surface area contributed by atoms with E-state index in [-0.39, 0.29) is 12.1 Å². The maximum Gasteiger partial charge on any atom is 0.333 e. The Morgan fingerprint density at radius 2 is 1.63 bits per heavy atom. The third kappa shape index (κ3) is 3.61.